The van der Waals surface area contributed by atoms with Crippen molar-refractivity contribution in [3.8, 4) is 5.75 Å². The summed E-state index contributed by atoms with van der Waals surface area (Å²) in [6.07, 6.45) is 1.90. The Morgan fingerprint density at radius 3 is 2.58 bits per heavy atom. The molecule has 0 radical (unpaired) electrons. The van der Waals surface area contributed by atoms with Gasteiger partial charge in [0.1, 0.15) is 11.2 Å². The van der Waals surface area contributed by atoms with Crippen molar-refractivity contribution >= 4 is 59.4 Å². The average Bonchev–Trinajstić information content (AvgIpc) is 2.82. The van der Waals surface area contributed by atoms with Crippen LogP contribution in [0.1, 0.15) is 21.6 Å². The van der Waals surface area contributed by atoms with Crippen LogP contribution in [0.5, 0.6) is 5.75 Å². The van der Waals surface area contributed by atoms with Crippen molar-refractivity contribution in [1.82, 2.24) is 9.38 Å². The standard InChI is InChI=1S/C16H11Br3N2O3/c1-8-14(19)21-4-2-3-13(15(21)20-8)24-7-10-11(17)5-9(16(22)23)6-12(10)18/h2-6H,7H2,1H3,(H,22,23). The Morgan fingerprint density at radius 1 is 1.29 bits per heavy atom. The number of carboxylic acid groups (broad SMARTS) is 1. The number of aromatic carboxylic acids is 1. The molecule has 0 aliphatic heterocycles. The van der Waals surface area contributed by atoms with Crippen molar-refractivity contribution in [3.63, 3.8) is 0 Å². The van der Waals surface area contributed by atoms with Crippen LogP contribution in [-0.2, 0) is 6.61 Å². The fraction of sp³-hybridized carbons (Fsp3) is 0.125. The smallest absolute Gasteiger partial charge is 0.335 e. The Hall–Kier alpha value is -1.38. The minimum atomic E-state index is -0.980. The van der Waals surface area contributed by atoms with E-state index in [-0.39, 0.29) is 12.2 Å². The van der Waals surface area contributed by atoms with Crippen LogP contribution >= 0.6 is 47.8 Å². The Kier molecular flexibility index (Phi) is 4.98. The number of halogens is 3. The van der Waals surface area contributed by atoms with E-state index in [1.54, 1.807) is 12.1 Å². The van der Waals surface area contributed by atoms with Crippen molar-refractivity contribution < 1.29 is 14.6 Å². The number of nitrogens with zero attached hydrogens (tertiary/aromatic N) is 2. The van der Waals surface area contributed by atoms with Gasteiger partial charge in [-0.1, -0.05) is 31.9 Å². The third-order valence-corrected chi connectivity index (χ3v) is 5.85. The second-order valence-electron chi connectivity index (χ2n) is 5.07. The number of aryl methyl sites for hydroxylation is 1. The van der Waals surface area contributed by atoms with Gasteiger partial charge in [-0.05, 0) is 47.1 Å². The van der Waals surface area contributed by atoms with E-state index >= 15 is 0 Å². The number of carboxylic acids is 1. The molecule has 0 saturated heterocycles. The predicted molar refractivity (Wildman–Crippen MR) is 101 cm³/mol. The number of fused-ring (bicyclic) bond motifs is 1. The number of carbonyl (C=O) groups is 1. The molecule has 3 aromatic rings. The lowest BCUT2D eigenvalue weighted by Gasteiger charge is -2.11. The van der Waals surface area contributed by atoms with E-state index < -0.39 is 5.97 Å². The molecule has 1 aromatic carbocycles. The summed E-state index contributed by atoms with van der Waals surface area (Å²) in [6, 6.07) is 6.85. The third kappa shape index (κ3) is 3.22. The van der Waals surface area contributed by atoms with Crippen LogP contribution in [0.25, 0.3) is 5.65 Å². The van der Waals surface area contributed by atoms with Gasteiger partial charge in [0.25, 0.3) is 0 Å². The first-order valence-corrected chi connectivity index (χ1v) is 9.23. The van der Waals surface area contributed by atoms with E-state index in [9.17, 15) is 4.79 Å². The van der Waals surface area contributed by atoms with Gasteiger partial charge in [0.2, 0.25) is 0 Å². The number of pyridine rings is 1. The van der Waals surface area contributed by atoms with Gasteiger partial charge in [-0.2, -0.15) is 0 Å². The van der Waals surface area contributed by atoms with Gasteiger partial charge in [0, 0.05) is 20.7 Å². The zero-order chi connectivity index (χ0) is 17.4. The van der Waals surface area contributed by atoms with Crippen LogP contribution in [0, 0.1) is 6.92 Å². The van der Waals surface area contributed by atoms with Crippen LogP contribution in [0.2, 0.25) is 0 Å². The highest BCUT2D eigenvalue weighted by molar-refractivity contribution is 9.11. The first-order chi connectivity index (χ1) is 11.4. The summed E-state index contributed by atoms with van der Waals surface area (Å²) in [4.78, 5) is 15.6. The topological polar surface area (TPSA) is 63.8 Å². The summed E-state index contributed by atoms with van der Waals surface area (Å²) in [5, 5.41) is 9.09. The number of ether oxygens (including phenoxy) is 1. The van der Waals surface area contributed by atoms with Gasteiger partial charge >= 0.3 is 5.97 Å². The molecule has 0 bridgehead atoms. The summed E-state index contributed by atoms with van der Waals surface area (Å²) in [5.41, 5.74) is 2.62. The molecule has 0 atom stereocenters. The van der Waals surface area contributed by atoms with Gasteiger partial charge in [0.05, 0.1) is 11.3 Å². The number of benzene rings is 1. The monoisotopic (exact) mass is 516 g/mol. The second-order valence-corrected chi connectivity index (χ2v) is 7.53. The Balaban J connectivity index is 1.92. The van der Waals surface area contributed by atoms with E-state index in [0.717, 1.165) is 21.5 Å². The fourth-order valence-corrected chi connectivity index (χ4v) is 4.04. The average molecular weight is 519 g/mol. The second kappa shape index (κ2) is 6.85. The molecule has 2 heterocycles. The van der Waals surface area contributed by atoms with Crippen molar-refractivity contribution in [3.05, 3.63) is 60.8 Å². The Morgan fingerprint density at radius 2 is 1.96 bits per heavy atom. The lowest BCUT2D eigenvalue weighted by molar-refractivity contribution is 0.0696. The first kappa shape index (κ1) is 17.4. The number of imidazole rings is 1. The summed E-state index contributed by atoms with van der Waals surface area (Å²) < 4.78 is 10.1. The number of hydrogen-bond donors (Lipinski definition) is 1. The van der Waals surface area contributed by atoms with Crippen LogP contribution in [0.15, 0.2) is 44.0 Å². The SMILES string of the molecule is Cc1nc2c(OCc3c(Br)cc(C(=O)O)cc3Br)cccn2c1Br. The van der Waals surface area contributed by atoms with Crippen LogP contribution in [-0.4, -0.2) is 20.5 Å². The van der Waals surface area contributed by atoms with Crippen LogP contribution in [0.3, 0.4) is 0 Å². The molecule has 0 aliphatic carbocycles. The summed E-state index contributed by atoms with van der Waals surface area (Å²) in [7, 11) is 0. The lowest BCUT2D eigenvalue weighted by atomic mass is 10.1. The molecule has 0 spiro atoms. The van der Waals surface area contributed by atoms with Crippen molar-refractivity contribution in [2.45, 2.75) is 13.5 Å². The molecule has 8 heteroatoms. The minimum absolute atomic E-state index is 0.201. The molecular weight excluding hydrogens is 508 g/mol. The Labute approximate surface area is 163 Å². The predicted octanol–water partition coefficient (Wildman–Crippen LogP) is 5.21. The minimum Gasteiger partial charge on any atom is -0.485 e. The zero-order valence-electron chi connectivity index (χ0n) is 12.4. The van der Waals surface area contributed by atoms with Gasteiger partial charge < -0.3 is 9.84 Å². The third-order valence-electron chi connectivity index (χ3n) is 3.47. The summed E-state index contributed by atoms with van der Waals surface area (Å²) in [5.74, 6) is -0.334. The van der Waals surface area contributed by atoms with Gasteiger partial charge in [-0.25, -0.2) is 9.78 Å². The molecule has 1 N–H and O–H groups in total. The molecule has 0 unspecified atom stereocenters. The maximum Gasteiger partial charge on any atom is 0.335 e. The van der Waals surface area contributed by atoms with Crippen molar-refractivity contribution in [1.29, 1.82) is 0 Å². The largest absolute Gasteiger partial charge is 0.485 e. The molecule has 0 fully saturated rings. The van der Waals surface area contributed by atoms with Crippen LogP contribution < -0.4 is 4.74 Å². The van der Waals surface area contributed by atoms with E-state index in [0.29, 0.717) is 14.7 Å². The van der Waals surface area contributed by atoms with E-state index in [1.807, 2.05) is 29.7 Å². The van der Waals surface area contributed by atoms with Gasteiger partial charge in [-0.3, -0.25) is 4.40 Å². The highest BCUT2D eigenvalue weighted by atomic mass is 79.9. The Bertz CT molecular complexity index is 930. The lowest BCUT2D eigenvalue weighted by Crippen LogP contribution is -2.03. The molecule has 0 saturated carbocycles. The number of rotatable bonds is 4. The highest BCUT2D eigenvalue weighted by Gasteiger charge is 2.14. The molecule has 24 heavy (non-hydrogen) atoms. The maximum atomic E-state index is 11.1. The molecule has 0 amide bonds. The molecule has 0 aliphatic rings. The van der Waals surface area contributed by atoms with Crippen LogP contribution in [0.4, 0.5) is 0 Å². The normalized spacial score (nSPS) is 11.0. The molecule has 2 aromatic heterocycles. The molecule has 3 rings (SSSR count). The van der Waals surface area contributed by atoms with E-state index in [4.69, 9.17) is 9.84 Å². The molecule has 5 nitrogen and oxygen atoms in total. The van der Waals surface area contributed by atoms with E-state index in [2.05, 4.69) is 52.8 Å². The van der Waals surface area contributed by atoms with Gasteiger partial charge in [0.15, 0.2) is 11.4 Å². The molecular formula is C16H11Br3N2O3. The van der Waals surface area contributed by atoms with Crippen molar-refractivity contribution in [2.24, 2.45) is 0 Å². The number of aromatic nitrogens is 2. The highest BCUT2D eigenvalue weighted by Crippen LogP contribution is 2.30. The maximum absolute atomic E-state index is 11.1. The van der Waals surface area contributed by atoms with Crippen molar-refractivity contribution in [2.75, 3.05) is 0 Å². The van der Waals surface area contributed by atoms with Gasteiger partial charge in [-0.15, -0.1) is 0 Å². The summed E-state index contributed by atoms with van der Waals surface area (Å²) >= 11 is 10.3. The summed E-state index contributed by atoms with van der Waals surface area (Å²) in [6.45, 7) is 2.18. The fourth-order valence-electron chi connectivity index (χ4n) is 2.25. The quantitative estimate of drug-likeness (QED) is 0.515. The first-order valence-electron chi connectivity index (χ1n) is 6.85. The zero-order valence-corrected chi connectivity index (χ0v) is 17.1. The number of hydrogen-bond acceptors (Lipinski definition) is 3. The van der Waals surface area contributed by atoms with E-state index in [1.165, 1.54) is 0 Å². The molecule has 124 valence electrons.